The van der Waals surface area contributed by atoms with Crippen LogP contribution in [0.25, 0.3) is 11.1 Å². The van der Waals surface area contributed by atoms with Gasteiger partial charge in [0.25, 0.3) is 5.69 Å². The minimum atomic E-state index is -3.33. The van der Waals surface area contributed by atoms with E-state index in [1.807, 2.05) is 56.3 Å². The highest BCUT2D eigenvalue weighted by molar-refractivity contribution is 7.99. The van der Waals surface area contributed by atoms with Crippen LogP contribution in [0.3, 0.4) is 0 Å². The summed E-state index contributed by atoms with van der Waals surface area (Å²) < 4.78 is 52.7. The van der Waals surface area contributed by atoms with E-state index in [1.54, 1.807) is 49.2 Å². The Bertz CT molecular complexity index is 2560. The normalized spacial score (nSPS) is 10.6. The number of ketones is 2. The van der Waals surface area contributed by atoms with E-state index in [9.17, 15) is 42.5 Å². The van der Waals surface area contributed by atoms with Crippen LogP contribution in [0.2, 0.25) is 0 Å². The SMILES string of the molecule is C=C(C)OCCSc1ccccc1.CC(=O)CCC(C)=O.CC(=O)OCC1c2ccccc2-c2ccccc21.CC(=O)OCCS(=O)(=O)c1ccccc1.CC(=O)OCCc1ccc([N+](=O)[O-])cc1.CCOCCOC. The molecule has 0 saturated carbocycles. The maximum atomic E-state index is 11.6. The van der Waals surface area contributed by atoms with Crippen molar-refractivity contribution in [1.29, 1.82) is 0 Å². The Balaban J connectivity index is 0.000000468. The molecular formula is C58H73NO15S2. The Labute approximate surface area is 452 Å². The van der Waals surface area contributed by atoms with E-state index in [-0.39, 0.29) is 52.4 Å². The number of hydrogen-bond acceptors (Lipinski definition) is 16. The first kappa shape index (κ1) is 67.0. The fourth-order valence-corrected chi connectivity index (χ4v) is 8.17. The van der Waals surface area contributed by atoms with E-state index < -0.39 is 20.7 Å². The molecule has 76 heavy (non-hydrogen) atoms. The number of fused-ring (bicyclic) bond motifs is 3. The second-order valence-corrected chi connectivity index (χ2v) is 19.6. The number of allylic oxidation sites excluding steroid dienone is 1. The first-order chi connectivity index (χ1) is 36.2. The Morgan fingerprint density at radius 1 is 0.605 bits per heavy atom. The summed E-state index contributed by atoms with van der Waals surface area (Å²) in [5, 5.41) is 10.4. The van der Waals surface area contributed by atoms with E-state index in [2.05, 4.69) is 47.7 Å². The van der Waals surface area contributed by atoms with Crippen LogP contribution >= 0.6 is 11.8 Å². The number of nitro benzene ring substituents is 1. The number of nitrogens with zero attached hydrogens (tertiary/aromatic N) is 1. The number of non-ortho nitro benzene ring substituents is 1. The summed E-state index contributed by atoms with van der Waals surface area (Å²) in [4.78, 5) is 63.7. The number of sulfone groups is 1. The lowest BCUT2D eigenvalue weighted by Gasteiger charge is -2.12. The fraction of sp³-hybridized carbons (Fsp3) is 0.362. The van der Waals surface area contributed by atoms with Gasteiger partial charge in [-0.15, -0.1) is 11.8 Å². The van der Waals surface area contributed by atoms with Gasteiger partial charge in [-0.05, 0) is 79.8 Å². The molecule has 0 unspecified atom stereocenters. The molecule has 5 aromatic carbocycles. The number of methoxy groups -OCH3 is 1. The van der Waals surface area contributed by atoms with Crippen LogP contribution in [-0.4, -0.2) is 108 Å². The van der Waals surface area contributed by atoms with Crippen LogP contribution in [0.1, 0.15) is 83.9 Å². The molecule has 1 aliphatic carbocycles. The quantitative estimate of drug-likeness (QED) is 0.0120. The molecule has 0 fully saturated rings. The number of nitro groups is 1. The Hall–Kier alpha value is -6.99. The molecule has 0 heterocycles. The summed E-state index contributed by atoms with van der Waals surface area (Å²) in [5.41, 5.74) is 5.98. The van der Waals surface area contributed by atoms with Gasteiger partial charge in [-0.25, -0.2) is 8.42 Å². The number of Topliss-reactive ketones (excluding diaryl/α,β-unsaturated/α-hetero) is 2. The van der Waals surface area contributed by atoms with Gasteiger partial charge in [0.2, 0.25) is 0 Å². The van der Waals surface area contributed by atoms with Crippen molar-refractivity contribution in [2.45, 2.75) is 83.4 Å². The predicted octanol–water partition coefficient (Wildman–Crippen LogP) is 11.0. The van der Waals surface area contributed by atoms with Gasteiger partial charge in [-0.2, -0.15) is 0 Å². The summed E-state index contributed by atoms with van der Waals surface area (Å²) in [5.74, 6) is 0.885. The third-order valence-corrected chi connectivity index (χ3v) is 12.6. The van der Waals surface area contributed by atoms with Crippen molar-refractivity contribution in [3.63, 3.8) is 0 Å². The van der Waals surface area contributed by atoms with Crippen LogP contribution in [0.5, 0.6) is 0 Å². The first-order valence-electron chi connectivity index (χ1n) is 24.3. The van der Waals surface area contributed by atoms with E-state index in [1.165, 1.54) is 86.0 Å². The summed E-state index contributed by atoms with van der Waals surface area (Å²) in [6, 6.07) is 41.2. The summed E-state index contributed by atoms with van der Waals surface area (Å²) in [6.45, 7) is 18.1. The van der Waals surface area contributed by atoms with Crippen LogP contribution < -0.4 is 0 Å². The number of carbonyl (C=O) groups excluding carboxylic acids is 5. The van der Waals surface area contributed by atoms with Crippen molar-refractivity contribution in [2.75, 3.05) is 64.9 Å². The maximum absolute atomic E-state index is 11.6. The summed E-state index contributed by atoms with van der Waals surface area (Å²) >= 11 is 1.80. The first-order valence-corrected chi connectivity index (χ1v) is 27.0. The molecule has 6 rings (SSSR count). The van der Waals surface area contributed by atoms with Gasteiger partial charge in [0.15, 0.2) is 9.84 Å². The second-order valence-electron chi connectivity index (χ2n) is 16.3. The molecule has 0 atom stereocenters. The van der Waals surface area contributed by atoms with Gasteiger partial charge >= 0.3 is 17.9 Å². The number of carbonyl (C=O) groups is 5. The Morgan fingerprint density at radius 3 is 1.55 bits per heavy atom. The van der Waals surface area contributed by atoms with Gasteiger partial charge < -0.3 is 38.0 Å². The lowest BCUT2D eigenvalue weighted by molar-refractivity contribution is -0.384. The molecule has 0 radical (unpaired) electrons. The van der Waals surface area contributed by atoms with Gasteiger partial charge in [0.1, 0.15) is 24.8 Å². The average molecular weight is 1090 g/mol. The molecule has 412 valence electrons. The Morgan fingerprint density at radius 2 is 1.09 bits per heavy atom. The number of esters is 3. The van der Waals surface area contributed by atoms with Crippen molar-refractivity contribution < 1.29 is 65.7 Å². The third kappa shape index (κ3) is 31.0. The van der Waals surface area contributed by atoms with Gasteiger partial charge in [-0.3, -0.25) is 24.5 Å². The van der Waals surface area contributed by atoms with Gasteiger partial charge in [-0.1, -0.05) is 104 Å². The molecule has 18 heteroatoms. The molecular weight excluding hydrogens is 1010 g/mol. The van der Waals surface area contributed by atoms with E-state index in [0.29, 0.717) is 45.7 Å². The smallest absolute Gasteiger partial charge is 0.302 e. The zero-order chi connectivity index (χ0) is 56.7. The molecule has 0 bridgehead atoms. The number of hydrogen-bond donors (Lipinski definition) is 0. The minimum Gasteiger partial charge on any atom is -0.498 e. The number of ether oxygens (including phenoxy) is 6. The molecule has 0 aromatic heterocycles. The zero-order valence-electron chi connectivity index (χ0n) is 44.9. The highest BCUT2D eigenvalue weighted by Gasteiger charge is 2.28. The van der Waals surface area contributed by atoms with E-state index in [4.69, 9.17) is 23.7 Å². The zero-order valence-corrected chi connectivity index (χ0v) is 46.5. The highest BCUT2D eigenvalue weighted by atomic mass is 32.2. The van der Waals surface area contributed by atoms with Crippen LogP contribution in [0.4, 0.5) is 5.69 Å². The molecule has 0 amide bonds. The predicted molar refractivity (Wildman–Crippen MR) is 296 cm³/mol. The number of rotatable bonds is 22. The third-order valence-electron chi connectivity index (χ3n) is 9.93. The standard InChI is InChI=1S/C16H14O2.C11H14OS.C10H11NO4.C10H12O4S.C6H10O2.C5H12O2/c1-11(17)18-10-16-14-8-4-2-6-12(14)13-7-3-5-9-15(13)16;1-10(2)12-8-9-13-11-6-4-3-5-7-11;1-8(12)15-7-6-9-2-4-10(5-3-9)11(13)14;1-9(11)14-7-8-15(12,13)10-5-3-2-4-6-10;1-5(7)3-4-6(2)8;1-3-7-5-4-6-2/h2-9,16H,10H2,1H3;3-7H,1,8-9H2,2H3;2-5H,6-7H2,1H3;2-6H,7-8H2,1H3;3-4H2,1-2H3;3-5H2,1-2H3. The van der Waals surface area contributed by atoms with Crippen LogP contribution in [0.15, 0.2) is 156 Å². The van der Waals surface area contributed by atoms with Gasteiger partial charge in [0, 0.05) is 82.4 Å². The lowest BCUT2D eigenvalue weighted by Crippen LogP contribution is -2.14. The molecule has 0 spiro atoms. The summed E-state index contributed by atoms with van der Waals surface area (Å²) in [6.07, 6.45) is 1.36. The molecule has 0 N–H and O–H groups in total. The maximum Gasteiger partial charge on any atom is 0.302 e. The summed E-state index contributed by atoms with van der Waals surface area (Å²) in [7, 11) is -1.67. The van der Waals surface area contributed by atoms with Crippen molar-refractivity contribution >= 4 is 56.8 Å². The van der Waals surface area contributed by atoms with Crippen molar-refractivity contribution in [3.8, 4) is 11.1 Å². The number of benzene rings is 5. The fourth-order valence-electron chi connectivity index (χ4n) is 6.31. The topological polar surface area (TPSA) is 218 Å². The lowest BCUT2D eigenvalue weighted by atomic mass is 9.98. The minimum absolute atomic E-state index is 0.0613. The van der Waals surface area contributed by atoms with Crippen molar-refractivity contribution in [3.05, 3.63) is 173 Å². The van der Waals surface area contributed by atoms with Crippen LogP contribution in [-0.2, 0) is 68.7 Å². The van der Waals surface area contributed by atoms with Crippen molar-refractivity contribution in [1.82, 2.24) is 0 Å². The molecule has 16 nitrogen and oxygen atoms in total. The Kier molecular flexibility index (Phi) is 34.8. The molecule has 0 aliphatic heterocycles. The largest absolute Gasteiger partial charge is 0.498 e. The van der Waals surface area contributed by atoms with Crippen molar-refractivity contribution in [2.24, 2.45) is 0 Å². The molecule has 0 saturated heterocycles. The second kappa shape index (κ2) is 39.4. The number of thioether (sulfide) groups is 1. The molecule has 1 aliphatic rings. The van der Waals surface area contributed by atoms with E-state index in [0.717, 1.165) is 30.3 Å². The van der Waals surface area contributed by atoms with Crippen LogP contribution in [0, 0.1) is 10.1 Å². The van der Waals surface area contributed by atoms with Gasteiger partial charge in [0.05, 0.1) is 47.8 Å². The monoisotopic (exact) mass is 1090 g/mol. The highest BCUT2D eigenvalue weighted by Crippen LogP contribution is 2.44. The van der Waals surface area contributed by atoms with E-state index >= 15 is 0 Å². The average Bonchev–Trinajstić information content (AvgIpc) is 3.71. The molecule has 5 aromatic rings.